The summed E-state index contributed by atoms with van der Waals surface area (Å²) in [5.41, 5.74) is 1.09. The van der Waals surface area contributed by atoms with Crippen molar-refractivity contribution in [2.75, 3.05) is 19.8 Å². The number of para-hydroxylation sites is 1. The second kappa shape index (κ2) is 8.14. The van der Waals surface area contributed by atoms with Crippen molar-refractivity contribution in [3.8, 4) is 5.75 Å². The van der Waals surface area contributed by atoms with Crippen molar-refractivity contribution >= 4 is 5.91 Å². The number of nitrogens with zero attached hydrogens (tertiary/aromatic N) is 1. The van der Waals surface area contributed by atoms with Crippen molar-refractivity contribution in [2.45, 2.75) is 68.9 Å². The first-order chi connectivity index (χ1) is 13.8. The highest BCUT2D eigenvalue weighted by molar-refractivity contribution is 5.78. The van der Waals surface area contributed by atoms with Crippen LogP contribution in [0.25, 0.3) is 0 Å². The number of carbonyl (C=O) groups is 1. The van der Waals surface area contributed by atoms with Crippen molar-refractivity contribution in [1.82, 2.24) is 10.2 Å². The molecule has 5 rings (SSSR count). The molecular weight excluding hydrogens is 385 g/mol. The normalized spacial score (nSPS) is 31.3. The monoisotopic (exact) mass is 412 g/mol. The van der Waals surface area contributed by atoms with Crippen LogP contribution >= 0.6 is 0 Å². The summed E-state index contributed by atoms with van der Waals surface area (Å²) < 4.78 is 51.2. The molecule has 0 unspecified atom stereocenters. The van der Waals surface area contributed by atoms with Gasteiger partial charge in [0.2, 0.25) is 0 Å². The fourth-order valence-corrected chi connectivity index (χ4v) is 4.54. The maximum atomic E-state index is 13.1. The number of piperidine rings is 1. The van der Waals surface area contributed by atoms with Crippen molar-refractivity contribution < 1.29 is 27.4 Å². The highest BCUT2D eigenvalue weighted by Gasteiger charge is 2.43. The molecule has 1 aliphatic carbocycles. The average molecular weight is 412 g/mol. The number of rotatable bonds is 2. The number of benzene rings is 1. The third-order valence-electron chi connectivity index (χ3n) is 6.36. The molecule has 0 radical (unpaired) electrons. The van der Waals surface area contributed by atoms with Gasteiger partial charge in [0.15, 0.2) is 6.61 Å². The third kappa shape index (κ3) is 4.38. The number of fused-ring (bicyclic) bond motifs is 3. The molecule has 2 bridgehead atoms. The van der Waals surface area contributed by atoms with Crippen molar-refractivity contribution in [3.05, 3.63) is 29.8 Å². The van der Waals surface area contributed by atoms with E-state index in [2.05, 4.69) is 5.32 Å². The van der Waals surface area contributed by atoms with Crippen LogP contribution in [0.15, 0.2) is 24.3 Å². The predicted molar refractivity (Wildman–Crippen MR) is 101 cm³/mol. The molecule has 29 heavy (non-hydrogen) atoms. The van der Waals surface area contributed by atoms with Crippen LogP contribution in [0.1, 0.15) is 44.1 Å². The number of halogens is 3. The minimum Gasteiger partial charge on any atom is -0.483 e. The molecule has 3 heterocycles. The molecule has 3 atom stereocenters. The van der Waals surface area contributed by atoms with Gasteiger partial charge >= 0.3 is 6.18 Å². The van der Waals surface area contributed by atoms with E-state index in [1.54, 1.807) is 4.90 Å². The molecule has 1 N–H and O–H groups in total. The molecule has 1 saturated heterocycles. The first-order valence-corrected chi connectivity index (χ1v) is 10.3. The van der Waals surface area contributed by atoms with Gasteiger partial charge in [0.25, 0.3) is 5.91 Å². The summed E-state index contributed by atoms with van der Waals surface area (Å²) in [5.74, 6) is 0.819. The number of alkyl halides is 3. The summed E-state index contributed by atoms with van der Waals surface area (Å²) >= 11 is 0. The van der Waals surface area contributed by atoms with Gasteiger partial charge < -0.3 is 19.7 Å². The van der Waals surface area contributed by atoms with E-state index in [0.717, 1.165) is 25.3 Å². The van der Waals surface area contributed by atoms with Crippen LogP contribution in [-0.2, 0) is 9.53 Å². The summed E-state index contributed by atoms with van der Waals surface area (Å²) in [6.45, 7) is 1.75. The van der Waals surface area contributed by atoms with Gasteiger partial charge in [0.1, 0.15) is 11.8 Å². The summed E-state index contributed by atoms with van der Waals surface area (Å²) in [6.07, 6.45) is -1.32. The number of carbonyl (C=O) groups excluding carboxylic acids is 1. The largest absolute Gasteiger partial charge is 0.483 e. The van der Waals surface area contributed by atoms with E-state index < -0.39 is 24.3 Å². The Hall–Kier alpha value is -1.80. The number of hydrogen-bond acceptors (Lipinski definition) is 4. The Balaban J connectivity index is 1.54. The Morgan fingerprint density at radius 2 is 2.00 bits per heavy atom. The SMILES string of the molecule is C[C@@H](N[C@@H]1CCCN2C(=O)COc3ccccc3C3CC(C3)OC[C@@H]12)C(F)(F)F. The van der Waals surface area contributed by atoms with Crippen molar-refractivity contribution in [2.24, 2.45) is 0 Å². The fourth-order valence-electron chi connectivity index (χ4n) is 4.54. The summed E-state index contributed by atoms with van der Waals surface area (Å²) in [7, 11) is 0. The minimum atomic E-state index is -4.33. The molecule has 3 aliphatic heterocycles. The molecule has 1 amide bonds. The van der Waals surface area contributed by atoms with Gasteiger partial charge in [-0.2, -0.15) is 13.2 Å². The lowest BCUT2D eigenvalue weighted by Crippen LogP contribution is -2.61. The third-order valence-corrected chi connectivity index (χ3v) is 6.36. The molecule has 0 spiro atoms. The van der Waals surface area contributed by atoms with E-state index in [-0.39, 0.29) is 25.2 Å². The van der Waals surface area contributed by atoms with E-state index in [4.69, 9.17) is 9.47 Å². The average Bonchev–Trinajstić information content (AvgIpc) is 2.64. The van der Waals surface area contributed by atoms with E-state index in [0.29, 0.717) is 31.1 Å². The topological polar surface area (TPSA) is 50.8 Å². The first kappa shape index (κ1) is 20.5. The molecule has 8 heteroatoms. The Kier molecular flexibility index (Phi) is 5.75. The maximum Gasteiger partial charge on any atom is 0.403 e. The summed E-state index contributed by atoms with van der Waals surface area (Å²) in [6, 6.07) is 5.20. The van der Waals surface area contributed by atoms with Crippen LogP contribution in [0, 0.1) is 0 Å². The maximum absolute atomic E-state index is 13.1. The van der Waals surface area contributed by atoms with Gasteiger partial charge in [-0.1, -0.05) is 18.2 Å². The smallest absolute Gasteiger partial charge is 0.403 e. The summed E-state index contributed by atoms with van der Waals surface area (Å²) in [5, 5.41) is 2.69. The number of ether oxygens (including phenoxy) is 2. The van der Waals surface area contributed by atoms with Crippen LogP contribution in [0.4, 0.5) is 13.2 Å². The van der Waals surface area contributed by atoms with Crippen LogP contribution in [0.3, 0.4) is 0 Å². The van der Waals surface area contributed by atoms with Gasteiger partial charge in [-0.05, 0) is 50.2 Å². The zero-order valence-electron chi connectivity index (χ0n) is 16.5. The molecule has 1 aromatic carbocycles. The van der Waals surface area contributed by atoms with Crippen molar-refractivity contribution in [3.63, 3.8) is 0 Å². The second-order valence-electron chi connectivity index (χ2n) is 8.28. The van der Waals surface area contributed by atoms with Gasteiger partial charge in [-0.25, -0.2) is 0 Å². The Morgan fingerprint density at radius 1 is 1.24 bits per heavy atom. The zero-order valence-corrected chi connectivity index (χ0v) is 16.5. The van der Waals surface area contributed by atoms with Gasteiger partial charge in [-0.3, -0.25) is 4.79 Å². The highest BCUT2D eigenvalue weighted by Crippen LogP contribution is 2.43. The lowest BCUT2D eigenvalue weighted by molar-refractivity contribution is -0.158. The van der Waals surface area contributed by atoms with Gasteiger partial charge in [0.05, 0.1) is 18.8 Å². The molecule has 0 aromatic heterocycles. The van der Waals surface area contributed by atoms with Crippen LogP contribution < -0.4 is 10.1 Å². The number of nitrogens with one attached hydrogen (secondary N) is 1. The molecule has 2 fully saturated rings. The lowest BCUT2D eigenvalue weighted by atomic mass is 9.77. The van der Waals surface area contributed by atoms with Crippen LogP contribution in [0.5, 0.6) is 5.75 Å². The molecular formula is C21H27F3N2O3. The molecule has 5 nitrogen and oxygen atoms in total. The Morgan fingerprint density at radius 3 is 2.76 bits per heavy atom. The minimum absolute atomic E-state index is 0.0621. The second-order valence-corrected chi connectivity index (χ2v) is 8.28. The number of amides is 1. The highest BCUT2D eigenvalue weighted by atomic mass is 19.4. The molecule has 1 aromatic rings. The van der Waals surface area contributed by atoms with Crippen LogP contribution in [0.2, 0.25) is 0 Å². The Labute approximate surface area is 168 Å². The summed E-state index contributed by atoms with van der Waals surface area (Å²) in [4.78, 5) is 14.5. The standard InChI is InChI=1S/C21H27F3N2O3/c1-13(21(22,23)24)25-17-6-4-8-26-18(17)11-28-15-9-14(10-15)16-5-2-3-7-19(16)29-12-20(26)27/h2-3,5,7,13-15,17-18,25H,4,6,8-12H2,1H3/t13-,14?,15?,17-,18+/m1/s1. The molecule has 4 aliphatic rings. The van der Waals surface area contributed by atoms with E-state index in [9.17, 15) is 18.0 Å². The van der Waals surface area contributed by atoms with Crippen LogP contribution in [-0.4, -0.2) is 61.0 Å². The van der Waals surface area contributed by atoms with E-state index in [1.165, 1.54) is 0 Å². The van der Waals surface area contributed by atoms with Crippen molar-refractivity contribution in [1.29, 1.82) is 0 Å². The first-order valence-electron chi connectivity index (χ1n) is 10.3. The fraction of sp³-hybridized carbons (Fsp3) is 0.667. The quantitative estimate of drug-likeness (QED) is 0.810. The molecule has 1 saturated carbocycles. The van der Waals surface area contributed by atoms with E-state index >= 15 is 0 Å². The van der Waals surface area contributed by atoms with Gasteiger partial charge in [-0.15, -0.1) is 0 Å². The lowest BCUT2D eigenvalue weighted by Gasteiger charge is -2.45. The zero-order chi connectivity index (χ0) is 20.6. The number of hydrogen-bond donors (Lipinski definition) is 1. The Bertz CT molecular complexity index is 736. The van der Waals surface area contributed by atoms with Gasteiger partial charge in [0, 0.05) is 12.6 Å². The van der Waals surface area contributed by atoms with E-state index in [1.807, 2.05) is 24.3 Å². The predicted octanol–water partition coefficient (Wildman–Crippen LogP) is 3.24. The molecule has 160 valence electrons.